The Labute approximate surface area is 144 Å². The van der Waals surface area contributed by atoms with E-state index in [4.69, 9.17) is 13.9 Å². The molecule has 7 heteroatoms. The highest BCUT2D eigenvalue weighted by Gasteiger charge is 2.10. The van der Waals surface area contributed by atoms with Gasteiger partial charge in [0.1, 0.15) is 5.76 Å². The summed E-state index contributed by atoms with van der Waals surface area (Å²) >= 11 is 3.54. The minimum Gasteiger partial charge on any atom is -0.493 e. The molecule has 2 aromatic rings. The average Bonchev–Trinajstić information content (AvgIpc) is 3.09. The third-order valence-electron chi connectivity index (χ3n) is 3.23. The zero-order valence-electron chi connectivity index (χ0n) is 13.4. The van der Waals surface area contributed by atoms with Crippen LogP contribution in [0.25, 0.3) is 0 Å². The Hall–Kier alpha value is -2.15. The van der Waals surface area contributed by atoms with Crippen molar-refractivity contribution < 1.29 is 13.9 Å². The fourth-order valence-corrected chi connectivity index (χ4v) is 2.48. The molecule has 0 aliphatic heterocycles. The molecule has 6 nitrogen and oxygen atoms in total. The fraction of sp³-hybridized carbons (Fsp3) is 0.312. The summed E-state index contributed by atoms with van der Waals surface area (Å²) in [6.45, 7) is 1.15. The number of hydrogen-bond acceptors (Lipinski definition) is 4. The van der Waals surface area contributed by atoms with Crippen LogP contribution in [0.1, 0.15) is 11.3 Å². The van der Waals surface area contributed by atoms with Crippen LogP contribution >= 0.6 is 15.9 Å². The Morgan fingerprint density at radius 2 is 1.87 bits per heavy atom. The van der Waals surface area contributed by atoms with Crippen LogP contribution in [0, 0.1) is 0 Å². The second-order valence-corrected chi connectivity index (χ2v) is 5.51. The first-order chi connectivity index (χ1) is 11.2. The van der Waals surface area contributed by atoms with Gasteiger partial charge in [-0.1, -0.05) is 15.9 Å². The number of halogens is 1. The topological polar surface area (TPSA) is 68.0 Å². The SMILES string of the molecule is CN=C(NCc1ccco1)NCc1cc(OC)c(OC)cc1Br. The van der Waals surface area contributed by atoms with Gasteiger partial charge in [-0.25, -0.2) is 0 Å². The van der Waals surface area contributed by atoms with E-state index in [0.29, 0.717) is 30.5 Å². The summed E-state index contributed by atoms with van der Waals surface area (Å²) in [6, 6.07) is 7.57. The van der Waals surface area contributed by atoms with Crippen LogP contribution in [-0.4, -0.2) is 27.2 Å². The summed E-state index contributed by atoms with van der Waals surface area (Å²) in [6.07, 6.45) is 1.65. The van der Waals surface area contributed by atoms with E-state index < -0.39 is 0 Å². The van der Waals surface area contributed by atoms with Gasteiger partial charge >= 0.3 is 0 Å². The predicted octanol–water partition coefficient (Wildman–Crippen LogP) is 2.92. The van der Waals surface area contributed by atoms with Crippen molar-refractivity contribution in [3.05, 3.63) is 46.3 Å². The maximum absolute atomic E-state index is 5.33. The van der Waals surface area contributed by atoms with E-state index in [1.165, 1.54) is 0 Å². The van der Waals surface area contributed by atoms with Gasteiger partial charge in [-0.2, -0.15) is 0 Å². The Bertz CT molecular complexity index is 657. The molecule has 23 heavy (non-hydrogen) atoms. The Kier molecular flexibility index (Phi) is 6.34. The zero-order chi connectivity index (χ0) is 16.7. The summed E-state index contributed by atoms with van der Waals surface area (Å²) in [5.74, 6) is 2.90. The number of nitrogens with zero attached hydrogens (tertiary/aromatic N) is 1. The van der Waals surface area contributed by atoms with Gasteiger partial charge in [0.2, 0.25) is 0 Å². The molecule has 0 aliphatic rings. The molecular formula is C16H20BrN3O3. The second-order valence-electron chi connectivity index (χ2n) is 4.66. The molecule has 0 unspecified atom stereocenters. The van der Waals surface area contributed by atoms with Crippen molar-refractivity contribution in [1.29, 1.82) is 0 Å². The van der Waals surface area contributed by atoms with Crippen LogP contribution in [0.4, 0.5) is 0 Å². The third kappa shape index (κ3) is 4.66. The van der Waals surface area contributed by atoms with Crippen molar-refractivity contribution in [2.45, 2.75) is 13.1 Å². The van der Waals surface area contributed by atoms with Crippen LogP contribution in [0.15, 0.2) is 44.4 Å². The van der Waals surface area contributed by atoms with Crippen LogP contribution < -0.4 is 20.1 Å². The molecular weight excluding hydrogens is 362 g/mol. The van der Waals surface area contributed by atoms with Crippen molar-refractivity contribution in [3.63, 3.8) is 0 Å². The highest BCUT2D eigenvalue weighted by molar-refractivity contribution is 9.10. The monoisotopic (exact) mass is 381 g/mol. The molecule has 0 fully saturated rings. The minimum absolute atomic E-state index is 0.569. The van der Waals surface area contributed by atoms with Crippen molar-refractivity contribution in [2.75, 3.05) is 21.3 Å². The van der Waals surface area contributed by atoms with Gasteiger partial charge in [0.05, 0.1) is 27.0 Å². The molecule has 0 amide bonds. The summed E-state index contributed by atoms with van der Waals surface area (Å²) in [4.78, 5) is 4.19. The van der Waals surface area contributed by atoms with E-state index in [9.17, 15) is 0 Å². The molecule has 0 aliphatic carbocycles. The van der Waals surface area contributed by atoms with Crippen molar-refractivity contribution in [3.8, 4) is 11.5 Å². The van der Waals surface area contributed by atoms with Crippen LogP contribution in [0.5, 0.6) is 11.5 Å². The van der Waals surface area contributed by atoms with Crippen molar-refractivity contribution >= 4 is 21.9 Å². The van der Waals surface area contributed by atoms with E-state index >= 15 is 0 Å². The number of hydrogen-bond donors (Lipinski definition) is 2. The second kappa shape index (κ2) is 8.47. The highest BCUT2D eigenvalue weighted by Crippen LogP contribution is 2.33. The normalized spacial score (nSPS) is 11.2. The molecule has 1 aromatic carbocycles. The first-order valence-electron chi connectivity index (χ1n) is 7.05. The lowest BCUT2D eigenvalue weighted by molar-refractivity contribution is 0.354. The largest absolute Gasteiger partial charge is 0.493 e. The van der Waals surface area contributed by atoms with Gasteiger partial charge in [0.25, 0.3) is 0 Å². The van der Waals surface area contributed by atoms with Gasteiger partial charge in [-0.05, 0) is 29.8 Å². The average molecular weight is 382 g/mol. The maximum Gasteiger partial charge on any atom is 0.191 e. The molecule has 124 valence electrons. The Balaban J connectivity index is 1.98. The molecule has 0 saturated carbocycles. The first-order valence-corrected chi connectivity index (χ1v) is 7.84. The lowest BCUT2D eigenvalue weighted by Gasteiger charge is -2.14. The Morgan fingerprint density at radius 3 is 2.48 bits per heavy atom. The van der Waals surface area contributed by atoms with Crippen LogP contribution in [-0.2, 0) is 13.1 Å². The number of methoxy groups -OCH3 is 2. The van der Waals surface area contributed by atoms with Crippen molar-refractivity contribution in [2.24, 2.45) is 4.99 Å². The van der Waals surface area contributed by atoms with Crippen molar-refractivity contribution in [1.82, 2.24) is 10.6 Å². The summed E-state index contributed by atoms with van der Waals surface area (Å²) in [5, 5.41) is 6.44. The number of benzene rings is 1. The van der Waals surface area contributed by atoms with Gasteiger partial charge < -0.3 is 24.5 Å². The number of nitrogens with one attached hydrogen (secondary N) is 2. The summed E-state index contributed by atoms with van der Waals surface area (Å²) in [5.41, 5.74) is 1.03. The van der Waals surface area contributed by atoms with Crippen LogP contribution in [0.3, 0.4) is 0 Å². The van der Waals surface area contributed by atoms with E-state index in [-0.39, 0.29) is 0 Å². The molecule has 0 bridgehead atoms. The third-order valence-corrected chi connectivity index (χ3v) is 3.97. The molecule has 0 saturated heterocycles. The smallest absolute Gasteiger partial charge is 0.191 e. The molecule has 2 rings (SSSR count). The maximum atomic E-state index is 5.33. The summed E-state index contributed by atoms with van der Waals surface area (Å²) < 4.78 is 16.8. The molecule has 0 atom stereocenters. The molecule has 0 radical (unpaired) electrons. The quantitative estimate of drug-likeness (QED) is 0.594. The number of guanidine groups is 1. The molecule has 1 heterocycles. The Morgan fingerprint density at radius 1 is 1.17 bits per heavy atom. The standard InChI is InChI=1S/C16H20BrN3O3/c1-18-16(20-10-12-5-4-6-23-12)19-9-11-7-14(21-2)15(22-3)8-13(11)17/h4-8H,9-10H2,1-3H3,(H2,18,19,20). The molecule has 0 spiro atoms. The van der Waals surface area contributed by atoms with E-state index in [1.807, 2.05) is 24.3 Å². The number of furan rings is 1. The zero-order valence-corrected chi connectivity index (χ0v) is 14.9. The summed E-state index contributed by atoms with van der Waals surface area (Å²) in [7, 11) is 4.95. The van der Waals surface area contributed by atoms with Gasteiger partial charge in [0, 0.05) is 18.1 Å². The van der Waals surface area contributed by atoms with Gasteiger partial charge in [-0.3, -0.25) is 4.99 Å². The predicted molar refractivity (Wildman–Crippen MR) is 93.0 cm³/mol. The van der Waals surface area contributed by atoms with E-state index in [0.717, 1.165) is 15.8 Å². The molecule has 2 N–H and O–H groups in total. The first kappa shape index (κ1) is 17.2. The number of ether oxygens (including phenoxy) is 2. The highest BCUT2D eigenvalue weighted by atomic mass is 79.9. The fourth-order valence-electron chi connectivity index (χ4n) is 2.02. The van der Waals surface area contributed by atoms with Gasteiger partial charge in [-0.15, -0.1) is 0 Å². The minimum atomic E-state index is 0.569. The van der Waals surface area contributed by atoms with E-state index in [1.54, 1.807) is 27.5 Å². The number of aliphatic imine (C=N–C) groups is 1. The van der Waals surface area contributed by atoms with Crippen LogP contribution in [0.2, 0.25) is 0 Å². The lowest BCUT2D eigenvalue weighted by atomic mass is 10.2. The number of rotatable bonds is 6. The van der Waals surface area contributed by atoms with E-state index in [2.05, 4.69) is 31.6 Å². The lowest BCUT2D eigenvalue weighted by Crippen LogP contribution is -2.36. The molecule has 1 aromatic heterocycles. The van der Waals surface area contributed by atoms with Gasteiger partial charge in [0.15, 0.2) is 17.5 Å².